The van der Waals surface area contributed by atoms with Crippen LogP contribution in [-0.2, 0) is 0 Å². The van der Waals surface area contributed by atoms with Crippen LogP contribution >= 0.6 is 0 Å². The Hall–Kier alpha value is -4.12. The van der Waals surface area contributed by atoms with Crippen molar-refractivity contribution in [1.82, 2.24) is 0 Å². The van der Waals surface area contributed by atoms with E-state index < -0.39 is 0 Å². The van der Waals surface area contributed by atoms with Crippen molar-refractivity contribution < 1.29 is 20.1 Å². The fraction of sp³-hybridized carbons (Fsp3) is 0.143. The molecule has 0 aromatic heterocycles. The van der Waals surface area contributed by atoms with Gasteiger partial charge in [0.25, 0.3) is 0 Å². The summed E-state index contributed by atoms with van der Waals surface area (Å²) in [7, 11) is 0. The number of para-hydroxylation sites is 2. The summed E-state index contributed by atoms with van der Waals surface area (Å²) >= 11 is 0. The Kier molecular flexibility index (Phi) is 5.88. The second-order valence-electron chi connectivity index (χ2n) is 8.25. The van der Waals surface area contributed by atoms with Crippen LogP contribution in [0.1, 0.15) is 22.3 Å². The molecule has 4 aromatic rings. The normalized spacial score (nSPS) is 10.8. The molecule has 0 saturated heterocycles. The minimum absolute atomic E-state index is 0.0378. The average Bonchev–Trinajstić information content (AvgIpc) is 2.77. The fourth-order valence-electron chi connectivity index (χ4n) is 3.78. The lowest BCUT2D eigenvalue weighted by molar-refractivity contribution is 0.409. The van der Waals surface area contributed by atoms with Gasteiger partial charge >= 0.3 is 0 Å². The summed E-state index contributed by atoms with van der Waals surface area (Å²) in [6.45, 7) is 7.64. The molecule has 0 unspecified atom stereocenters. The number of anilines is 3. The second-order valence-corrected chi connectivity index (χ2v) is 8.25. The Labute approximate surface area is 193 Å². The van der Waals surface area contributed by atoms with Crippen LogP contribution in [0.5, 0.6) is 28.7 Å². The van der Waals surface area contributed by atoms with Gasteiger partial charge in [0.15, 0.2) is 17.2 Å². The van der Waals surface area contributed by atoms with E-state index in [4.69, 9.17) is 4.74 Å². The van der Waals surface area contributed by atoms with Crippen LogP contribution in [0.25, 0.3) is 0 Å². The molecule has 168 valence electrons. The van der Waals surface area contributed by atoms with E-state index in [2.05, 4.69) is 0 Å². The highest BCUT2D eigenvalue weighted by Gasteiger charge is 2.23. The van der Waals surface area contributed by atoms with Crippen molar-refractivity contribution in [3.8, 4) is 28.7 Å². The predicted molar refractivity (Wildman–Crippen MR) is 132 cm³/mol. The minimum Gasteiger partial charge on any atom is -0.506 e. The van der Waals surface area contributed by atoms with E-state index in [1.54, 1.807) is 41.3 Å². The third-order valence-electron chi connectivity index (χ3n) is 5.72. The maximum atomic E-state index is 10.8. The number of phenols is 3. The molecular formula is C28H27NO4. The average molecular weight is 442 g/mol. The van der Waals surface area contributed by atoms with Crippen LogP contribution in [-0.4, -0.2) is 15.3 Å². The molecule has 0 aliphatic carbocycles. The molecule has 5 heteroatoms. The van der Waals surface area contributed by atoms with Crippen LogP contribution < -0.4 is 9.64 Å². The quantitative estimate of drug-likeness (QED) is 0.303. The van der Waals surface area contributed by atoms with Crippen molar-refractivity contribution in [3.63, 3.8) is 0 Å². The Morgan fingerprint density at radius 2 is 1.18 bits per heavy atom. The Morgan fingerprint density at radius 1 is 0.606 bits per heavy atom. The molecule has 0 heterocycles. The number of ether oxygens (including phenoxy) is 1. The van der Waals surface area contributed by atoms with E-state index in [1.807, 2.05) is 64.1 Å². The van der Waals surface area contributed by atoms with Crippen molar-refractivity contribution >= 4 is 17.1 Å². The van der Waals surface area contributed by atoms with Crippen LogP contribution in [0.2, 0.25) is 0 Å². The van der Waals surface area contributed by atoms with Crippen LogP contribution in [0.15, 0.2) is 72.8 Å². The fourth-order valence-corrected chi connectivity index (χ4v) is 3.78. The summed E-state index contributed by atoms with van der Waals surface area (Å²) in [5.74, 6) is 1.000. The van der Waals surface area contributed by atoms with Crippen LogP contribution in [0, 0.1) is 27.7 Å². The first-order valence-electron chi connectivity index (χ1n) is 10.7. The lowest BCUT2D eigenvalue weighted by atomic mass is 10.1. The van der Waals surface area contributed by atoms with Gasteiger partial charge in [-0.05, 0) is 92.4 Å². The van der Waals surface area contributed by atoms with E-state index in [1.165, 1.54) is 0 Å². The first kappa shape index (κ1) is 22.1. The highest BCUT2D eigenvalue weighted by Crippen LogP contribution is 2.48. The minimum atomic E-state index is 0.0378. The second kappa shape index (κ2) is 8.79. The van der Waals surface area contributed by atoms with E-state index >= 15 is 0 Å². The van der Waals surface area contributed by atoms with Crippen molar-refractivity contribution in [3.05, 3.63) is 95.1 Å². The van der Waals surface area contributed by atoms with Gasteiger partial charge in [-0.1, -0.05) is 30.3 Å². The molecule has 0 bridgehead atoms. The number of phenolic OH excluding ortho intramolecular Hbond substituents is 3. The lowest BCUT2D eigenvalue weighted by Gasteiger charge is -2.29. The third-order valence-corrected chi connectivity index (χ3v) is 5.72. The smallest absolute Gasteiger partial charge is 0.172 e. The molecule has 0 radical (unpaired) electrons. The lowest BCUT2D eigenvalue weighted by Crippen LogP contribution is -2.12. The van der Waals surface area contributed by atoms with Crippen LogP contribution in [0.4, 0.5) is 17.1 Å². The van der Waals surface area contributed by atoms with Gasteiger partial charge in [-0.25, -0.2) is 0 Å². The van der Waals surface area contributed by atoms with E-state index in [-0.39, 0.29) is 17.2 Å². The first-order chi connectivity index (χ1) is 15.8. The Morgan fingerprint density at radius 3 is 1.76 bits per heavy atom. The number of hydrogen-bond donors (Lipinski definition) is 3. The van der Waals surface area contributed by atoms with Gasteiger partial charge in [0.1, 0.15) is 11.5 Å². The van der Waals surface area contributed by atoms with Gasteiger partial charge in [-0.3, -0.25) is 4.90 Å². The van der Waals surface area contributed by atoms with E-state index in [9.17, 15) is 15.3 Å². The van der Waals surface area contributed by atoms with Crippen molar-refractivity contribution in [2.75, 3.05) is 4.90 Å². The molecule has 0 aliphatic heterocycles. The summed E-state index contributed by atoms with van der Waals surface area (Å²) in [6, 6.07) is 21.5. The van der Waals surface area contributed by atoms with E-state index in [0.717, 1.165) is 22.3 Å². The number of aromatic hydroxyl groups is 3. The number of rotatable bonds is 5. The molecule has 0 aliphatic rings. The van der Waals surface area contributed by atoms with Gasteiger partial charge in [0.2, 0.25) is 0 Å². The summed E-state index contributed by atoms with van der Waals surface area (Å²) in [5.41, 5.74) is 5.21. The summed E-state index contributed by atoms with van der Waals surface area (Å²) < 4.78 is 6.25. The molecule has 3 N–H and O–H groups in total. The zero-order valence-corrected chi connectivity index (χ0v) is 19.1. The van der Waals surface area contributed by atoms with E-state index in [0.29, 0.717) is 28.6 Å². The Balaban J connectivity index is 1.93. The molecule has 0 amide bonds. The third kappa shape index (κ3) is 4.30. The molecule has 5 nitrogen and oxygen atoms in total. The molecular weight excluding hydrogens is 414 g/mol. The zero-order chi connectivity index (χ0) is 23.7. The SMILES string of the molecule is Cc1ccc(N(c2ccc(C)cc2O)c2ccccc2Oc2c(O)ccc(C)c2C)c(O)c1. The first-order valence-corrected chi connectivity index (χ1v) is 10.7. The van der Waals surface area contributed by atoms with Crippen molar-refractivity contribution in [2.24, 2.45) is 0 Å². The van der Waals surface area contributed by atoms with Crippen LogP contribution in [0.3, 0.4) is 0 Å². The molecule has 33 heavy (non-hydrogen) atoms. The summed E-state index contributed by atoms with van der Waals surface area (Å²) in [6.07, 6.45) is 0. The number of hydrogen-bond acceptors (Lipinski definition) is 5. The zero-order valence-electron chi connectivity index (χ0n) is 19.1. The summed E-state index contributed by atoms with van der Waals surface area (Å²) in [5, 5.41) is 32.1. The molecule has 0 spiro atoms. The van der Waals surface area contributed by atoms with Crippen molar-refractivity contribution in [1.29, 1.82) is 0 Å². The maximum Gasteiger partial charge on any atom is 0.172 e. The van der Waals surface area contributed by atoms with Gasteiger partial charge in [0.05, 0.1) is 17.1 Å². The largest absolute Gasteiger partial charge is 0.506 e. The molecule has 0 fully saturated rings. The molecule has 0 atom stereocenters. The monoisotopic (exact) mass is 441 g/mol. The molecule has 0 saturated carbocycles. The highest BCUT2D eigenvalue weighted by atomic mass is 16.5. The molecule has 4 rings (SSSR count). The predicted octanol–water partition coefficient (Wildman–Crippen LogP) is 7.30. The van der Waals surface area contributed by atoms with Gasteiger partial charge in [0, 0.05) is 0 Å². The van der Waals surface area contributed by atoms with Gasteiger partial charge in [-0.2, -0.15) is 0 Å². The number of aryl methyl sites for hydroxylation is 3. The topological polar surface area (TPSA) is 73.2 Å². The maximum absolute atomic E-state index is 10.8. The standard InChI is InChI=1S/C28H27NO4/c1-17-9-12-21(25(31)15-17)29(22-13-10-18(2)16-26(22)32)23-7-5-6-8-27(23)33-28-20(4)19(3)11-14-24(28)30/h5-16,30-32H,1-4H3. The molecule has 4 aromatic carbocycles. The summed E-state index contributed by atoms with van der Waals surface area (Å²) in [4.78, 5) is 1.75. The number of nitrogens with zero attached hydrogens (tertiary/aromatic N) is 1. The van der Waals surface area contributed by atoms with Gasteiger partial charge < -0.3 is 20.1 Å². The number of benzene rings is 4. The van der Waals surface area contributed by atoms with Crippen molar-refractivity contribution in [2.45, 2.75) is 27.7 Å². The highest BCUT2D eigenvalue weighted by molar-refractivity contribution is 5.85. The van der Waals surface area contributed by atoms with Gasteiger partial charge in [-0.15, -0.1) is 0 Å². The Bertz CT molecular complexity index is 1280.